The molecule has 1 aromatic rings. The van der Waals surface area contributed by atoms with Gasteiger partial charge in [0.05, 0.1) is 12.6 Å². The lowest BCUT2D eigenvalue weighted by Gasteiger charge is -2.04. The van der Waals surface area contributed by atoms with Crippen LogP contribution in [0.5, 0.6) is 0 Å². The maximum absolute atomic E-state index is 10.0. The van der Waals surface area contributed by atoms with E-state index in [0.717, 1.165) is 11.1 Å². The molecule has 4 heteroatoms. The quantitative estimate of drug-likeness (QED) is 0.553. The summed E-state index contributed by atoms with van der Waals surface area (Å²) in [4.78, 5) is 27.0. The number of nitrogens with zero attached hydrogens (tertiary/aromatic N) is 2. The molecular weight excluding hydrogens is 192 g/mol. The van der Waals surface area contributed by atoms with Gasteiger partial charge in [-0.05, 0) is 18.1 Å². The van der Waals surface area contributed by atoms with Gasteiger partial charge in [-0.25, -0.2) is 14.6 Å². The summed E-state index contributed by atoms with van der Waals surface area (Å²) in [6, 6.07) is 7.19. The predicted octanol–water partition coefficient (Wildman–Crippen LogP) is 1.92. The van der Waals surface area contributed by atoms with Crippen LogP contribution in [0.3, 0.4) is 0 Å². The maximum atomic E-state index is 10.0. The first-order valence-corrected chi connectivity index (χ1v) is 4.47. The summed E-state index contributed by atoms with van der Waals surface area (Å²) in [5.41, 5.74) is 1.85. The van der Waals surface area contributed by atoms with Crippen LogP contribution < -0.4 is 0 Å². The molecule has 0 bridgehead atoms. The van der Waals surface area contributed by atoms with Crippen LogP contribution in [0.15, 0.2) is 34.3 Å². The molecule has 0 amide bonds. The Morgan fingerprint density at radius 3 is 2.40 bits per heavy atom. The lowest BCUT2D eigenvalue weighted by atomic mass is 10.1. The van der Waals surface area contributed by atoms with Crippen molar-refractivity contribution in [1.82, 2.24) is 0 Å². The number of aliphatic imine (C=N–C) groups is 2. The Bertz CT molecular complexity index is 413. The van der Waals surface area contributed by atoms with Gasteiger partial charge in [0, 0.05) is 0 Å². The molecule has 1 unspecified atom stereocenters. The van der Waals surface area contributed by atoms with Crippen molar-refractivity contribution in [3.63, 3.8) is 0 Å². The van der Waals surface area contributed by atoms with Gasteiger partial charge in [0.1, 0.15) is 0 Å². The Hall–Kier alpha value is -2.02. The lowest BCUT2D eigenvalue weighted by Crippen LogP contribution is -1.90. The van der Waals surface area contributed by atoms with E-state index < -0.39 is 0 Å². The van der Waals surface area contributed by atoms with Gasteiger partial charge in [-0.15, -0.1) is 0 Å². The van der Waals surface area contributed by atoms with Crippen LogP contribution >= 0.6 is 0 Å². The van der Waals surface area contributed by atoms with E-state index in [1.807, 2.05) is 31.2 Å². The van der Waals surface area contributed by atoms with Crippen LogP contribution in [0, 0.1) is 0 Å². The van der Waals surface area contributed by atoms with E-state index >= 15 is 0 Å². The van der Waals surface area contributed by atoms with Crippen molar-refractivity contribution in [2.45, 2.75) is 19.5 Å². The molecule has 0 N–H and O–H groups in total. The minimum atomic E-state index is -0.189. The normalized spacial score (nSPS) is 11.0. The minimum absolute atomic E-state index is 0.189. The summed E-state index contributed by atoms with van der Waals surface area (Å²) in [7, 11) is 0. The highest BCUT2D eigenvalue weighted by Crippen LogP contribution is 2.16. The number of isocyanates is 2. The third-order valence-electron chi connectivity index (χ3n) is 2.03. The molecule has 0 aliphatic heterocycles. The second kappa shape index (κ2) is 5.66. The third kappa shape index (κ3) is 3.31. The largest absolute Gasteiger partial charge is 0.235 e. The summed E-state index contributed by atoms with van der Waals surface area (Å²) >= 11 is 0. The molecule has 0 aliphatic carbocycles. The monoisotopic (exact) mass is 202 g/mol. The lowest BCUT2D eigenvalue weighted by molar-refractivity contribution is 0.559. The fraction of sp³-hybridized carbons (Fsp3) is 0.273. The van der Waals surface area contributed by atoms with Crippen LogP contribution in [0.4, 0.5) is 0 Å². The van der Waals surface area contributed by atoms with Gasteiger partial charge < -0.3 is 0 Å². The molecule has 15 heavy (non-hydrogen) atoms. The number of hydrogen-bond donors (Lipinski definition) is 0. The van der Waals surface area contributed by atoms with Crippen LogP contribution in [0.2, 0.25) is 0 Å². The average molecular weight is 202 g/mol. The Labute approximate surface area is 87.4 Å². The van der Waals surface area contributed by atoms with Crippen LogP contribution in [0.1, 0.15) is 24.1 Å². The highest BCUT2D eigenvalue weighted by atomic mass is 16.1. The summed E-state index contributed by atoms with van der Waals surface area (Å²) in [5, 5.41) is 0. The number of rotatable bonds is 4. The molecule has 1 rings (SSSR count). The topological polar surface area (TPSA) is 58.9 Å². The first-order chi connectivity index (χ1) is 7.27. The number of hydrogen-bond acceptors (Lipinski definition) is 4. The predicted molar refractivity (Wildman–Crippen MR) is 54.8 cm³/mol. The average Bonchev–Trinajstić information content (AvgIpc) is 2.27. The molecule has 76 valence electrons. The van der Waals surface area contributed by atoms with Crippen molar-refractivity contribution < 1.29 is 9.59 Å². The standard InChI is InChI=1S/C11H10N2O2/c1-9(13-8-15)11-4-2-10(3-5-11)6-12-7-14/h2-5,9H,6H2,1H3. The Morgan fingerprint density at radius 2 is 1.87 bits per heavy atom. The molecule has 0 spiro atoms. The van der Waals surface area contributed by atoms with E-state index in [2.05, 4.69) is 9.98 Å². The first kappa shape index (κ1) is 11.1. The molecule has 0 radical (unpaired) electrons. The molecule has 0 aliphatic rings. The fourth-order valence-corrected chi connectivity index (χ4v) is 1.18. The number of benzene rings is 1. The molecule has 4 nitrogen and oxygen atoms in total. The zero-order chi connectivity index (χ0) is 11.1. The second-order valence-corrected chi connectivity index (χ2v) is 3.05. The van der Waals surface area contributed by atoms with Crippen molar-refractivity contribution in [1.29, 1.82) is 0 Å². The van der Waals surface area contributed by atoms with Gasteiger partial charge in [0.2, 0.25) is 12.2 Å². The summed E-state index contributed by atoms with van der Waals surface area (Å²) in [5.74, 6) is 0. The van der Waals surface area contributed by atoms with Gasteiger partial charge >= 0.3 is 0 Å². The van der Waals surface area contributed by atoms with Crippen molar-refractivity contribution in [2.24, 2.45) is 9.98 Å². The summed E-state index contributed by atoms with van der Waals surface area (Å²) < 4.78 is 0. The fourth-order valence-electron chi connectivity index (χ4n) is 1.18. The maximum Gasteiger partial charge on any atom is 0.235 e. The van der Waals surface area contributed by atoms with Gasteiger partial charge in [-0.3, -0.25) is 0 Å². The molecular formula is C11H10N2O2. The summed E-state index contributed by atoms with van der Waals surface area (Å²) in [6.45, 7) is 2.14. The Kier molecular flexibility index (Phi) is 4.17. The molecule has 0 fully saturated rings. The highest BCUT2D eigenvalue weighted by molar-refractivity contribution is 5.36. The SMILES string of the molecule is CC(N=C=O)c1ccc(CN=C=O)cc1. The van der Waals surface area contributed by atoms with E-state index in [1.54, 1.807) is 0 Å². The third-order valence-corrected chi connectivity index (χ3v) is 2.03. The molecule has 0 heterocycles. The van der Waals surface area contributed by atoms with E-state index in [-0.39, 0.29) is 6.04 Å². The van der Waals surface area contributed by atoms with Crippen molar-refractivity contribution >= 4 is 12.2 Å². The zero-order valence-corrected chi connectivity index (χ0v) is 8.30. The van der Waals surface area contributed by atoms with Gasteiger partial charge in [-0.2, -0.15) is 4.99 Å². The molecule has 0 saturated heterocycles. The number of carbonyl (C=O) groups excluding carboxylic acids is 2. The van der Waals surface area contributed by atoms with Crippen LogP contribution in [-0.4, -0.2) is 12.2 Å². The summed E-state index contributed by atoms with van der Waals surface area (Å²) in [6.07, 6.45) is 3.00. The van der Waals surface area contributed by atoms with Gasteiger partial charge in [-0.1, -0.05) is 24.3 Å². The van der Waals surface area contributed by atoms with E-state index in [9.17, 15) is 9.59 Å². The van der Waals surface area contributed by atoms with Crippen molar-refractivity contribution in [3.8, 4) is 0 Å². The smallest absolute Gasteiger partial charge is 0.211 e. The van der Waals surface area contributed by atoms with Gasteiger partial charge in [0.25, 0.3) is 0 Å². The molecule has 0 aromatic heterocycles. The molecule has 0 saturated carbocycles. The van der Waals surface area contributed by atoms with Crippen molar-refractivity contribution in [3.05, 3.63) is 35.4 Å². The van der Waals surface area contributed by atoms with E-state index in [4.69, 9.17) is 0 Å². The molecule has 1 aromatic carbocycles. The van der Waals surface area contributed by atoms with Crippen molar-refractivity contribution in [2.75, 3.05) is 0 Å². The first-order valence-electron chi connectivity index (χ1n) is 4.47. The van der Waals surface area contributed by atoms with E-state index in [0.29, 0.717) is 6.54 Å². The van der Waals surface area contributed by atoms with Crippen LogP contribution in [-0.2, 0) is 16.1 Å². The Morgan fingerprint density at radius 1 is 1.20 bits per heavy atom. The zero-order valence-electron chi connectivity index (χ0n) is 8.30. The minimum Gasteiger partial charge on any atom is -0.211 e. The van der Waals surface area contributed by atoms with Crippen LogP contribution in [0.25, 0.3) is 0 Å². The van der Waals surface area contributed by atoms with E-state index in [1.165, 1.54) is 12.2 Å². The Balaban J connectivity index is 2.79. The molecule has 1 atom stereocenters. The second-order valence-electron chi connectivity index (χ2n) is 3.05. The highest BCUT2D eigenvalue weighted by Gasteiger charge is 2.02. The van der Waals surface area contributed by atoms with Gasteiger partial charge in [0.15, 0.2) is 0 Å².